The summed E-state index contributed by atoms with van der Waals surface area (Å²) in [5.74, 6) is 1.02. The molecule has 106 valence electrons. The van der Waals surface area contributed by atoms with Gasteiger partial charge in [-0.15, -0.1) is 14.5 Å². The predicted molar refractivity (Wildman–Crippen MR) is 73.3 cm³/mol. The van der Waals surface area contributed by atoms with Gasteiger partial charge in [0, 0.05) is 0 Å². The van der Waals surface area contributed by atoms with E-state index in [4.69, 9.17) is 9.57 Å². The van der Waals surface area contributed by atoms with Gasteiger partial charge in [0.25, 0.3) is 0 Å². The van der Waals surface area contributed by atoms with Crippen molar-refractivity contribution in [1.82, 2.24) is 14.5 Å². The van der Waals surface area contributed by atoms with Gasteiger partial charge in [-0.1, -0.05) is 36.9 Å². The van der Waals surface area contributed by atoms with Gasteiger partial charge in [-0.05, 0) is 17.9 Å². The van der Waals surface area contributed by atoms with Crippen LogP contribution in [0.5, 0.6) is 5.75 Å². The molecule has 8 heteroatoms. The number of nitrogens with zero attached hydrogens (tertiary/aromatic N) is 3. The van der Waals surface area contributed by atoms with E-state index < -0.39 is 11.8 Å². The van der Waals surface area contributed by atoms with Crippen LogP contribution < -0.4 is 15.3 Å². The fourth-order valence-electron chi connectivity index (χ4n) is 1.46. The average Bonchev–Trinajstić information content (AvgIpc) is 2.76. The van der Waals surface area contributed by atoms with Gasteiger partial charge in [-0.2, -0.15) is 0 Å². The molecule has 1 aromatic carbocycles. The van der Waals surface area contributed by atoms with E-state index in [1.807, 2.05) is 6.92 Å². The second-order valence-corrected chi connectivity index (χ2v) is 4.80. The first-order chi connectivity index (χ1) is 9.67. The van der Waals surface area contributed by atoms with Crippen LogP contribution in [0.3, 0.4) is 0 Å². The first-order valence-corrected chi connectivity index (χ1v) is 6.82. The van der Waals surface area contributed by atoms with Gasteiger partial charge in [0.1, 0.15) is 12.9 Å². The predicted octanol–water partition coefficient (Wildman–Crippen LogP) is 1.26. The maximum atomic E-state index is 12.0. The number of para-hydroxylation sites is 1. The molecule has 0 radical (unpaired) electrons. The Hall–Kier alpha value is -2.22. The summed E-state index contributed by atoms with van der Waals surface area (Å²) < 4.78 is 6.63. The summed E-state index contributed by atoms with van der Waals surface area (Å²) in [6.07, 6.45) is -0.880. The standard InChI is InChI=1S/C12H13N3O4S/c1-3-20-10-13-14(11(16)15(10)18-2)12(17)19-9-7-5-4-6-8-9/h4-8H,3H2,1-2H3. The fraction of sp³-hybridized carbons (Fsp3) is 0.250. The van der Waals surface area contributed by atoms with E-state index in [0.717, 1.165) is 4.73 Å². The van der Waals surface area contributed by atoms with Gasteiger partial charge >= 0.3 is 11.8 Å². The lowest BCUT2D eigenvalue weighted by Gasteiger charge is -2.01. The van der Waals surface area contributed by atoms with Crippen molar-refractivity contribution < 1.29 is 14.4 Å². The first kappa shape index (κ1) is 14.2. The minimum atomic E-state index is -0.880. The lowest BCUT2D eigenvalue weighted by Crippen LogP contribution is -2.34. The van der Waals surface area contributed by atoms with Crippen LogP contribution in [0.1, 0.15) is 6.92 Å². The maximum absolute atomic E-state index is 12.0. The zero-order valence-corrected chi connectivity index (χ0v) is 11.8. The highest BCUT2D eigenvalue weighted by atomic mass is 32.2. The second kappa shape index (κ2) is 6.29. The minimum absolute atomic E-state index is 0.296. The quantitative estimate of drug-likeness (QED) is 0.791. The first-order valence-electron chi connectivity index (χ1n) is 5.84. The molecule has 1 heterocycles. The number of hydrogen-bond acceptors (Lipinski definition) is 6. The summed E-state index contributed by atoms with van der Waals surface area (Å²) in [4.78, 5) is 28.8. The summed E-state index contributed by atoms with van der Waals surface area (Å²) in [6, 6.07) is 8.45. The van der Waals surface area contributed by atoms with Gasteiger partial charge in [0.15, 0.2) is 0 Å². The van der Waals surface area contributed by atoms with Crippen molar-refractivity contribution in [2.24, 2.45) is 0 Å². The Balaban J connectivity index is 2.28. The monoisotopic (exact) mass is 295 g/mol. The summed E-state index contributed by atoms with van der Waals surface area (Å²) >= 11 is 1.28. The van der Waals surface area contributed by atoms with Crippen LogP contribution in [0.2, 0.25) is 0 Å². The van der Waals surface area contributed by atoms with E-state index in [1.165, 1.54) is 18.9 Å². The third kappa shape index (κ3) is 2.85. The Morgan fingerprint density at radius 2 is 2.05 bits per heavy atom. The van der Waals surface area contributed by atoms with Crippen molar-refractivity contribution in [3.63, 3.8) is 0 Å². The average molecular weight is 295 g/mol. The highest BCUT2D eigenvalue weighted by Gasteiger charge is 2.20. The fourth-order valence-corrected chi connectivity index (χ4v) is 2.13. The minimum Gasteiger partial charge on any atom is -0.410 e. The zero-order chi connectivity index (χ0) is 14.5. The Morgan fingerprint density at radius 3 is 2.65 bits per heavy atom. The molecule has 0 N–H and O–H groups in total. The molecule has 7 nitrogen and oxygen atoms in total. The number of carbonyl (C=O) groups is 1. The molecule has 0 aliphatic carbocycles. The van der Waals surface area contributed by atoms with E-state index in [2.05, 4.69) is 5.10 Å². The number of hydrogen-bond donors (Lipinski definition) is 0. The Morgan fingerprint density at radius 1 is 1.35 bits per heavy atom. The van der Waals surface area contributed by atoms with Crippen LogP contribution in [0.25, 0.3) is 0 Å². The van der Waals surface area contributed by atoms with Gasteiger partial charge in [0.05, 0.1) is 0 Å². The molecular weight excluding hydrogens is 282 g/mol. The Labute approximate surface area is 119 Å². The van der Waals surface area contributed by atoms with Gasteiger partial charge in [-0.3, -0.25) is 0 Å². The molecule has 1 aromatic heterocycles. The smallest absolute Gasteiger partial charge is 0.410 e. The molecule has 0 saturated carbocycles. The number of benzene rings is 1. The molecule has 20 heavy (non-hydrogen) atoms. The van der Waals surface area contributed by atoms with Crippen LogP contribution in [0, 0.1) is 0 Å². The molecule has 2 aromatic rings. The molecule has 0 saturated heterocycles. The molecule has 0 amide bonds. The summed E-state index contributed by atoms with van der Waals surface area (Å²) in [7, 11) is 1.33. The molecule has 0 aliphatic heterocycles. The van der Waals surface area contributed by atoms with Crippen LogP contribution in [-0.2, 0) is 0 Å². The topological polar surface area (TPSA) is 75.4 Å². The van der Waals surface area contributed by atoms with Crippen molar-refractivity contribution >= 4 is 17.9 Å². The van der Waals surface area contributed by atoms with Crippen LogP contribution in [-0.4, -0.2) is 33.5 Å². The lowest BCUT2D eigenvalue weighted by molar-refractivity contribution is 0.134. The third-order valence-electron chi connectivity index (χ3n) is 2.29. The van der Waals surface area contributed by atoms with Crippen molar-refractivity contribution in [2.75, 3.05) is 12.9 Å². The van der Waals surface area contributed by atoms with E-state index in [0.29, 0.717) is 21.3 Å². The van der Waals surface area contributed by atoms with Crippen LogP contribution in [0.15, 0.2) is 40.3 Å². The highest BCUT2D eigenvalue weighted by Crippen LogP contribution is 2.13. The molecule has 2 rings (SSSR count). The zero-order valence-electron chi connectivity index (χ0n) is 11.0. The molecule has 0 fully saturated rings. The third-order valence-corrected chi connectivity index (χ3v) is 3.09. The molecule has 0 unspecified atom stereocenters. The molecule has 0 aliphatic rings. The van der Waals surface area contributed by atoms with E-state index in [-0.39, 0.29) is 0 Å². The van der Waals surface area contributed by atoms with Crippen molar-refractivity contribution in [1.29, 1.82) is 0 Å². The largest absolute Gasteiger partial charge is 0.444 e. The number of aromatic nitrogens is 3. The van der Waals surface area contributed by atoms with E-state index in [9.17, 15) is 9.59 Å². The molecular formula is C12H13N3O4S. The SMILES string of the molecule is CCSc1nn(C(=O)Oc2ccccc2)c(=O)n1OC. The number of ether oxygens (including phenoxy) is 1. The molecule has 0 atom stereocenters. The highest BCUT2D eigenvalue weighted by molar-refractivity contribution is 7.99. The van der Waals surface area contributed by atoms with E-state index in [1.54, 1.807) is 30.3 Å². The number of carbonyl (C=O) groups excluding carboxylic acids is 1. The van der Waals surface area contributed by atoms with Crippen LogP contribution >= 0.6 is 11.8 Å². The molecule has 0 spiro atoms. The number of rotatable bonds is 4. The maximum Gasteiger partial charge on any atom is 0.444 e. The Bertz CT molecular complexity index is 650. The summed E-state index contributed by atoms with van der Waals surface area (Å²) in [6.45, 7) is 1.90. The molecule has 0 bridgehead atoms. The van der Waals surface area contributed by atoms with Crippen LogP contribution in [0.4, 0.5) is 4.79 Å². The summed E-state index contributed by atoms with van der Waals surface area (Å²) in [5, 5.41) is 4.19. The van der Waals surface area contributed by atoms with Crippen molar-refractivity contribution in [2.45, 2.75) is 12.1 Å². The lowest BCUT2D eigenvalue weighted by atomic mass is 10.3. The van der Waals surface area contributed by atoms with Crippen molar-refractivity contribution in [3.8, 4) is 5.75 Å². The normalized spacial score (nSPS) is 10.3. The summed E-state index contributed by atoms with van der Waals surface area (Å²) in [5.41, 5.74) is -0.704. The second-order valence-electron chi connectivity index (χ2n) is 3.57. The van der Waals surface area contributed by atoms with Gasteiger partial charge < -0.3 is 9.57 Å². The Kier molecular flexibility index (Phi) is 4.46. The van der Waals surface area contributed by atoms with Gasteiger partial charge in [-0.25, -0.2) is 9.59 Å². The number of thioether (sulfide) groups is 1. The van der Waals surface area contributed by atoms with Gasteiger partial charge in [0.2, 0.25) is 5.16 Å². The van der Waals surface area contributed by atoms with Crippen molar-refractivity contribution in [3.05, 3.63) is 40.8 Å². The van der Waals surface area contributed by atoms with E-state index >= 15 is 0 Å².